The van der Waals surface area contributed by atoms with Crippen LogP contribution in [0.5, 0.6) is 0 Å². The number of aliphatic hydroxyl groups excluding tert-OH is 1. The standard InChI is InChI=1S/C18H18ClFO/c19-17-13(6-4-9-15(17)20)12-16(21)18(10-5-11-18)14-7-2-1-3-8-14/h1-4,6-9,16,21H,5,10-12H2. The van der Waals surface area contributed by atoms with Gasteiger partial charge in [-0.15, -0.1) is 0 Å². The summed E-state index contributed by atoms with van der Waals surface area (Å²) in [5, 5.41) is 10.9. The fourth-order valence-corrected chi connectivity index (χ4v) is 3.45. The van der Waals surface area contributed by atoms with Crippen LogP contribution in [0.15, 0.2) is 48.5 Å². The summed E-state index contributed by atoms with van der Waals surface area (Å²) in [5.41, 5.74) is 1.62. The Morgan fingerprint density at radius 2 is 1.81 bits per heavy atom. The minimum Gasteiger partial charge on any atom is -0.392 e. The fourth-order valence-electron chi connectivity index (χ4n) is 3.25. The molecule has 0 amide bonds. The van der Waals surface area contributed by atoms with Gasteiger partial charge in [-0.25, -0.2) is 4.39 Å². The van der Waals surface area contributed by atoms with E-state index in [2.05, 4.69) is 12.1 Å². The molecule has 0 heterocycles. The molecule has 1 N–H and O–H groups in total. The Morgan fingerprint density at radius 3 is 2.43 bits per heavy atom. The second-order valence-electron chi connectivity index (χ2n) is 5.81. The molecule has 1 atom stereocenters. The van der Waals surface area contributed by atoms with Crippen molar-refractivity contribution >= 4 is 11.6 Å². The molecule has 3 heteroatoms. The maximum Gasteiger partial charge on any atom is 0.142 e. The van der Waals surface area contributed by atoms with Crippen molar-refractivity contribution in [2.24, 2.45) is 0 Å². The predicted molar refractivity (Wildman–Crippen MR) is 83.1 cm³/mol. The lowest BCUT2D eigenvalue weighted by atomic mass is 9.60. The molecule has 2 aromatic rings. The lowest BCUT2D eigenvalue weighted by Gasteiger charge is -2.46. The van der Waals surface area contributed by atoms with Crippen molar-refractivity contribution in [1.82, 2.24) is 0 Å². The van der Waals surface area contributed by atoms with Gasteiger partial charge in [0.1, 0.15) is 5.82 Å². The zero-order chi connectivity index (χ0) is 14.9. The zero-order valence-corrected chi connectivity index (χ0v) is 12.5. The molecule has 1 aliphatic carbocycles. The van der Waals surface area contributed by atoms with Crippen LogP contribution in [0.3, 0.4) is 0 Å². The van der Waals surface area contributed by atoms with Crippen LogP contribution in [-0.2, 0) is 11.8 Å². The molecule has 1 nitrogen and oxygen atoms in total. The summed E-state index contributed by atoms with van der Waals surface area (Å²) in [4.78, 5) is 0. The van der Waals surface area contributed by atoms with E-state index < -0.39 is 11.9 Å². The molecule has 1 fully saturated rings. The van der Waals surface area contributed by atoms with Crippen molar-refractivity contribution in [2.45, 2.75) is 37.2 Å². The van der Waals surface area contributed by atoms with Crippen molar-refractivity contribution in [2.75, 3.05) is 0 Å². The van der Waals surface area contributed by atoms with Crippen LogP contribution in [0.25, 0.3) is 0 Å². The van der Waals surface area contributed by atoms with E-state index in [4.69, 9.17) is 11.6 Å². The molecule has 110 valence electrons. The highest BCUT2D eigenvalue weighted by Crippen LogP contribution is 2.47. The van der Waals surface area contributed by atoms with Crippen LogP contribution in [0.1, 0.15) is 30.4 Å². The Kier molecular flexibility index (Phi) is 4.01. The number of aliphatic hydroxyl groups is 1. The number of benzene rings is 2. The first-order valence-corrected chi connectivity index (χ1v) is 7.68. The van der Waals surface area contributed by atoms with Crippen LogP contribution < -0.4 is 0 Å². The van der Waals surface area contributed by atoms with Gasteiger partial charge in [0.25, 0.3) is 0 Å². The zero-order valence-electron chi connectivity index (χ0n) is 11.7. The van der Waals surface area contributed by atoms with E-state index in [1.54, 1.807) is 12.1 Å². The van der Waals surface area contributed by atoms with Gasteiger partial charge >= 0.3 is 0 Å². The molecule has 3 rings (SSSR count). The minimum absolute atomic E-state index is 0.124. The van der Waals surface area contributed by atoms with Gasteiger partial charge in [0.05, 0.1) is 11.1 Å². The predicted octanol–water partition coefficient (Wildman–Crippen LogP) is 4.50. The molecule has 1 aliphatic rings. The van der Waals surface area contributed by atoms with Gasteiger partial charge in [0.2, 0.25) is 0 Å². The van der Waals surface area contributed by atoms with Crippen LogP contribution in [-0.4, -0.2) is 11.2 Å². The topological polar surface area (TPSA) is 20.2 Å². The summed E-state index contributed by atoms with van der Waals surface area (Å²) in [6.45, 7) is 0. The SMILES string of the molecule is OC(Cc1cccc(F)c1Cl)C1(c2ccccc2)CCC1. The molecule has 2 aromatic carbocycles. The lowest BCUT2D eigenvalue weighted by molar-refractivity contribution is 0.0285. The molecule has 1 saturated carbocycles. The van der Waals surface area contributed by atoms with Crippen LogP contribution in [0.4, 0.5) is 4.39 Å². The first-order chi connectivity index (χ1) is 10.1. The van der Waals surface area contributed by atoms with E-state index in [-0.39, 0.29) is 10.4 Å². The van der Waals surface area contributed by atoms with Gasteiger partial charge in [-0.1, -0.05) is 60.5 Å². The van der Waals surface area contributed by atoms with Gasteiger partial charge in [0.15, 0.2) is 0 Å². The summed E-state index contributed by atoms with van der Waals surface area (Å²) >= 11 is 6.01. The third kappa shape index (κ3) is 2.58. The highest BCUT2D eigenvalue weighted by atomic mass is 35.5. The van der Waals surface area contributed by atoms with E-state index in [9.17, 15) is 9.50 Å². The first-order valence-electron chi connectivity index (χ1n) is 7.30. The Morgan fingerprint density at radius 1 is 1.10 bits per heavy atom. The summed E-state index contributed by atoms with van der Waals surface area (Å²) in [6, 6.07) is 14.9. The highest BCUT2D eigenvalue weighted by molar-refractivity contribution is 6.31. The Labute approximate surface area is 129 Å². The first kappa shape index (κ1) is 14.6. The van der Waals surface area contributed by atoms with Crippen molar-refractivity contribution in [3.05, 3.63) is 70.5 Å². The quantitative estimate of drug-likeness (QED) is 0.881. The molecule has 0 radical (unpaired) electrons. The summed E-state index contributed by atoms with van der Waals surface area (Å²) in [6.07, 6.45) is 2.87. The number of hydrogen-bond acceptors (Lipinski definition) is 1. The summed E-state index contributed by atoms with van der Waals surface area (Å²) < 4.78 is 13.5. The number of hydrogen-bond donors (Lipinski definition) is 1. The smallest absolute Gasteiger partial charge is 0.142 e. The van der Waals surface area contributed by atoms with E-state index in [1.807, 2.05) is 18.2 Å². The largest absolute Gasteiger partial charge is 0.392 e. The van der Waals surface area contributed by atoms with Crippen LogP contribution >= 0.6 is 11.6 Å². The van der Waals surface area contributed by atoms with Crippen LogP contribution in [0, 0.1) is 5.82 Å². The molecule has 1 unspecified atom stereocenters. The third-order valence-electron chi connectivity index (χ3n) is 4.68. The van der Waals surface area contributed by atoms with E-state index in [0.717, 1.165) is 24.8 Å². The molecule has 0 spiro atoms. The molecule has 0 aliphatic heterocycles. The van der Waals surface area contributed by atoms with E-state index in [0.29, 0.717) is 12.0 Å². The van der Waals surface area contributed by atoms with Gasteiger partial charge in [-0.2, -0.15) is 0 Å². The monoisotopic (exact) mass is 304 g/mol. The number of rotatable bonds is 4. The Balaban J connectivity index is 1.87. The van der Waals surface area contributed by atoms with E-state index in [1.165, 1.54) is 6.07 Å². The molecular weight excluding hydrogens is 287 g/mol. The summed E-state index contributed by atoms with van der Waals surface area (Å²) in [7, 11) is 0. The molecule has 0 aromatic heterocycles. The number of halogens is 2. The molecular formula is C18H18ClFO. The van der Waals surface area contributed by atoms with Gasteiger partial charge < -0.3 is 5.11 Å². The maximum atomic E-state index is 13.5. The Bertz CT molecular complexity index is 622. The van der Waals surface area contributed by atoms with Crippen LogP contribution in [0.2, 0.25) is 5.02 Å². The maximum absolute atomic E-state index is 13.5. The fraction of sp³-hybridized carbons (Fsp3) is 0.333. The van der Waals surface area contributed by atoms with E-state index >= 15 is 0 Å². The minimum atomic E-state index is -0.548. The van der Waals surface area contributed by atoms with Gasteiger partial charge in [-0.05, 0) is 30.0 Å². The molecule has 21 heavy (non-hydrogen) atoms. The van der Waals surface area contributed by atoms with Crippen molar-refractivity contribution in [1.29, 1.82) is 0 Å². The van der Waals surface area contributed by atoms with Crippen molar-refractivity contribution in [3.63, 3.8) is 0 Å². The van der Waals surface area contributed by atoms with Gasteiger partial charge in [0, 0.05) is 11.8 Å². The molecule has 0 saturated heterocycles. The average Bonchev–Trinajstić information content (AvgIpc) is 2.44. The summed E-state index contributed by atoms with van der Waals surface area (Å²) in [5.74, 6) is -0.427. The van der Waals surface area contributed by atoms with Crippen molar-refractivity contribution < 1.29 is 9.50 Å². The second-order valence-corrected chi connectivity index (χ2v) is 6.19. The average molecular weight is 305 g/mol. The lowest BCUT2D eigenvalue weighted by Crippen LogP contribution is -2.46. The van der Waals surface area contributed by atoms with Crippen molar-refractivity contribution in [3.8, 4) is 0 Å². The van der Waals surface area contributed by atoms with Gasteiger partial charge in [-0.3, -0.25) is 0 Å². The molecule has 0 bridgehead atoms. The third-order valence-corrected chi connectivity index (χ3v) is 5.10. The Hall–Kier alpha value is -1.38. The highest BCUT2D eigenvalue weighted by Gasteiger charge is 2.44. The second kappa shape index (κ2) is 5.78. The normalized spacial score (nSPS) is 18.0.